The molecular weight excluding hydrogens is 498 g/mol. The summed E-state index contributed by atoms with van der Waals surface area (Å²) in [6.45, 7) is 10.7. The van der Waals surface area contributed by atoms with Crippen LogP contribution >= 0.6 is 0 Å². The predicted octanol–water partition coefficient (Wildman–Crippen LogP) is 4.75. The van der Waals surface area contributed by atoms with E-state index in [1.165, 1.54) is 4.90 Å². The first-order chi connectivity index (χ1) is 17.9. The van der Waals surface area contributed by atoms with E-state index in [0.717, 1.165) is 26.6 Å². The largest absolute Gasteiger partial charge is 0.352 e. The number of aryl methyl sites for hydroxylation is 3. The number of nitrogens with zero attached hydrogens (tertiary/aromatic N) is 2. The molecule has 0 radical (unpaired) electrons. The maximum Gasteiger partial charge on any atom is 0.264 e. The Morgan fingerprint density at radius 3 is 1.95 bits per heavy atom. The second-order valence-corrected chi connectivity index (χ2v) is 11.9. The number of hydrogen-bond donors (Lipinski definition) is 1. The quantitative estimate of drug-likeness (QED) is 0.406. The standard InChI is InChI=1S/C30H37N3O4S/c1-21(2)31-30(35)25(6)32(19-26-10-8-7-9-11-26)29(34)20-33(27-17-23(4)16-24(5)18-27)38(36,37)28-14-12-22(3)13-15-28/h7-18,21,25H,19-20H2,1-6H3,(H,31,35)/t25-/m0/s1. The van der Waals surface area contributed by atoms with Gasteiger partial charge in [-0.2, -0.15) is 0 Å². The molecule has 8 heteroatoms. The summed E-state index contributed by atoms with van der Waals surface area (Å²) in [5.74, 6) is -0.779. The zero-order valence-electron chi connectivity index (χ0n) is 22.9. The second kappa shape index (κ2) is 12.3. The van der Waals surface area contributed by atoms with Crippen molar-refractivity contribution in [2.45, 2.75) is 65.1 Å². The van der Waals surface area contributed by atoms with Crippen LogP contribution in [0.4, 0.5) is 5.69 Å². The van der Waals surface area contributed by atoms with Crippen molar-refractivity contribution in [1.82, 2.24) is 10.2 Å². The van der Waals surface area contributed by atoms with Crippen molar-refractivity contribution in [3.8, 4) is 0 Å². The fraction of sp³-hybridized carbons (Fsp3) is 0.333. The summed E-state index contributed by atoms with van der Waals surface area (Å²) in [7, 11) is -4.09. The molecule has 1 atom stereocenters. The van der Waals surface area contributed by atoms with Gasteiger partial charge in [-0.15, -0.1) is 0 Å². The minimum absolute atomic E-state index is 0.0928. The van der Waals surface area contributed by atoms with Gasteiger partial charge in [0.05, 0.1) is 10.6 Å². The third-order valence-corrected chi connectivity index (χ3v) is 7.96. The summed E-state index contributed by atoms with van der Waals surface area (Å²) in [4.78, 5) is 28.4. The van der Waals surface area contributed by atoms with Gasteiger partial charge in [-0.1, -0.05) is 54.1 Å². The smallest absolute Gasteiger partial charge is 0.264 e. The lowest BCUT2D eigenvalue weighted by molar-refractivity contribution is -0.139. The zero-order valence-corrected chi connectivity index (χ0v) is 23.7. The van der Waals surface area contributed by atoms with Gasteiger partial charge in [0.1, 0.15) is 12.6 Å². The van der Waals surface area contributed by atoms with Gasteiger partial charge in [-0.05, 0) is 82.5 Å². The van der Waals surface area contributed by atoms with E-state index < -0.39 is 28.5 Å². The summed E-state index contributed by atoms with van der Waals surface area (Å²) in [6.07, 6.45) is 0. The van der Waals surface area contributed by atoms with Gasteiger partial charge in [-0.3, -0.25) is 13.9 Å². The SMILES string of the molecule is Cc1ccc(S(=O)(=O)N(CC(=O)N(Cc2ccccc2)[C@@H](C)C(=O)NC(C)C)c2cc(C)cc(C)c2)cc1. The molecule has 3 rings (SSSR count). The highest BCUT2D eigenvalue weighted by molar-refractivity contribution is 7.92. The lowest BCUT2D eigenvalue weighted by Crippen LogP contribution is -2.52. The average Bonchev–Trinajstić information content (AvgIpc) is 2.85. The first-order valence-electron chi connectivity index (χ1n) is 12.7. The molecule has 3 aromatic rings. The van der Waals surface area contributed by atoms with Crippen LogP contribution in [0.1, 0.15) is 43.0 Å². The first-order valence-corrected chi connectivity index (χ1v) is 14.1. The van der Waals surface area contributed by atoms with E-state index in [4.69, 9.17) is 0 Å². The second-order valence-electron chi connectivity index (χ2n) is 10.0. The van der Waals surface area contributed by atoms with Gasteiger partial charge >= 0.3 is 0 Å². The number of hydrogen-bond acceptors (Lipinski definition) is 4. The van der Waals surface area contributed by atoms with Crippen molar-refractivity contribution in [1.29, 1.82) is 0 Å². The minimum atomic E-state index is -4.09. The van der Waals surface area contributed by atoms with Crippen LogP contribution in [0.3, 0.4) is 0 Å². The molecular formula is C30H37N3O4S. The average molecular weight is 536 g/mol. The third-order valence-electron chi connectivity index (χ3n) is 6.18. The van der Waals surface area contributed by atoms with Crippen LogP contribution in [0, 0.1) is 20.8 Å². The molecule has 2 amide bonds. The molecule has 0 unspecified atom stereocenters. The van der Waals surface area contributed by atoms with Gasteiger partial charge in [-0.25, -0.2) is 8.42 Å². The van der Waals surface area contributed by atoms with Crippen molar-refractivity contribution in [2.24, 2.45) is 0 Å². The fourth-order valence-corrected chi connectivity index (χ4v) is 5.63. The molecule has 0 spiro atoms. The molecule has 0 saturated heterocycles. The number of carbonyl (C=O) groups is 2. The molecule has 0 saturated carbocycles. The maximum absolute atomic E-state index is 13.9. The van der Waals surface area contributed by atoms with Crippen LogP contribution < -0.4 is 9.62 Å². The normalized spacial score (nSPS) is 12.2. The Hall–Kier alpha value is -3.65. The van der Waals surface area contributed by atoms with Gasteiger partial charge in [0.2, 0.25) is 11.8 Å². The van der Waals surface area contributed by atoms with Crippen LogP contribution in [0.15, 0.2) is 77.7 Å². The number of sulfonamides is 1. The zero-order chi connectivity index (χ0) is 28.0. The van der Waals surface area contributed by atoms with Crippen molar-refractivity contribution < 1.29 is 18.0 Å². The van der Waals surface area contributed by atoms with E-state index in [0.29, 0.717) is 5.69 Å². The topological polar surface area (TPSA) is 86.8 Å². The van der Waals surface area contributed by atoms with Gasteiger partial charge in [0.25, 0.3) is 10.0 Å². The molecule has 202 valence electrons. The lowest BCUT2D eigenvalue weighted by atomic mass is 10.1. The predicted molar refractivity (Wildman–Crippen MR) is 151 cm³/mol. The number of nitrogens with one attached hydrogen (secondary N) is 1. The number of benzene rings is 3. The molecule has 1 N–H and O–H groups in total. The Morgan fingerprint density at radius 2 is 1.39 bits per heavy atom. The van der Waals surface area contributed by atoms with E-state index in [1.807, 2.05) is 71.0 Å². The van der Waals surface area contributed by atoms with Crippen LogP contribution in [0.25, 0.3) is 0 Å². The van der Waals surface area contributed by atoms with Gasteiger partial charge < -0.3 is 10.2 Å². The molecule has 0 aliphatic carbocycles. The highest BCUT2D eigenvalue weighted by Crippen LogP contribution is 2.27. The first kappa shape index (κ1) is 28.9. The number of rotatable bonds is 10. The van der Waals surface area contributed by atoms with Crippen molar-refractivity contribution in [3.63, 3.8) is 0 Å². The van der Waals surface area contributed by atoms with Crippen LogP contribution in [-0.2, 0) is 26.2 Å². The van der Waals surface area contributed by atoms with E-state index in [1.54, 1.807) is 43.3 Å². The molecule has 38 heavy (non-hydrogen) atoms. The van der Waals surface area contributed by atoms with Crippen molar-refractivity contribution in [2.75, 3.05) is 10.8 Å². The Labute approximate surface area is 226 Å². The summed E-state index contributed by atoms with van der Waals surface area (Å²) in [5, 5.41) is 2.86. The maximum atomic E-state index is 13.9. The molecule has 7 nitrogen and oxygen atoms in total. The Morgan fingerprint density at radius 1 is 0.816 bits per heavy atom. The molecule has 3 aromatic carbocycles. The number of anilines is 1. The molecule has 0 aromatic heterocycles. The number of amides is 2. The van der Waals surface area contributed by atoms with E-state index in [9.17, 15) is 18.0 Å². The third kappa shape index (κ3) is 7.22. The summed E-state index contributed by atoms with van der Waals surface area (Å²) in [6, 6.07) is 20.4. The highest BCUT2D eigenvalue weighted by Gasteiger charge is 2.32. The monoisotopic (exact) mass is 535 g/mol. The van der Waals surface area contributed by atoms with Gasteiger partial charge in [0.15, 0.2) is 0 Å². The highest BCUT2D eigenvalue weighted by atomic mass is 32.2. The van der Waals surface area contributed by atoms with Gasteiger partial charge in [0, 0.05) is 12.6 Å². The Balaban J connectivity index is 2.05. The Kier molecular flexibility index (Phi) is 9.33. The molecule has 0 aliphatic heterocycles. The van der Waals surface area contributed by atoms with E-state index in [2.05, 4.69) is 5.32 Å². The minimum Gasteiger partial charge on any atom is -0.352 e. The Bertz CT molecular complexity index is 1350. The summed E-state index contributed by atoms with van der Waals surface area (Å²) < 4.78 is 29.0. The molecule has 0 fully saturated rings. The van der Waals surface area contributed by atoms with Crippen molar-refractivity contribution in [3.05, 3.63) is 95.1 Å². The summed E-state index contributed by atoms with van der Waals surface area (Å²) in [5.41, 5.74) is 3.92. The van der Waals surface area contributed by atoms with Crippen LogP contribution in [-0.4, -0.2) is 43.8 Å². The number of carbonyl (C=O) groups excluding carboxylic acids is 2. The fourth-order valence-electron chi connectivity index (χ4n) is 4.23. The van der Waals surface area contributed by atoms with Crippen LogP contribution in [0.5, 0.6) is 0 Å². The summed E-state index contributed by atoms with van der Waals surface area (Å²) >= 11 is 0. The molecule has 0 bridgehead atoms. The van der Waals surface area contributed by atoms with Crippen molar-refractivity contribution >= 4 is 27.5 Å². The molecule has 0 aliphatic rings. The van der Waals surface area contributed by atoms with E-state index >= 15 is 0 Å². The van der Waals surface area contributed by atoms with E-state index in [-0.39, 0.29) is 23.4 Å². The van der Waals surface area contributed by atoms with Crippen LogP contribution in [0.2, 0.25) is 0 Å². The molecule has 0 heterocycles. The lowest BCUT2D eigenvalue weighted by Gasteiger charge is -2.32.